The van der Waals surface area contributed by atoms with Gasteiger partial charge in [-0.2, -0.15) is 18.4 Å². The minimum Gasteiger partial charge on any atom is -0.480 e. The van der Waals surface area contributed by atoms with Crippen molar-refractivity contribution in [2.24, 2.45) is 5.92 Å². The molecule has 0 radical (unpaired) electrons. The number of likely N-dealkylation sites (N-methyl/N-ethyl adjacent to an activating group) is 1. The van der Waals surface area contributed by atoms with Crippen molar-refractivity contribution in [3.05, 3.63) is 0 Å². The number of halogens is 3. The predicted molar refractivity (Wildman–Crippen MR) is 54.1 cm³/mol. The molecule has 17 heavy (non-hydrogen) atoms. The van der Waals surface area contributed by atoms with Crippen molar-refractivity contribution >= 4 is 5.97 Å². The molecule has 0 rings (SSSR count). The molecule has 1 unspecified atom stereocenters. The Kier molecular flexibility index (Phi) is 4.95. The van der Waals surface area contributed by atoms with Crippen molar-refractivity contribution in [1.29, 1.82) is 5.26 Å². The molecule has 1 N–H and O–H groups in total. The first-order valence-corrected chi connectivity index (χ1v) is 5.02. The quantitative estimate of drug-likeness (QED) is 0.811. The van der Waals surface area contributed by atoms with Crippen LogP contribution in [-0.2, 0) is 4.79 Å². The van der Waals surface area contributed by atoms with Gasteiger partial charge in [0.15, 0.2) is 5.92 Å². The number of hydrogen-bond donors (Lipinski definition) is 1. The molecule has 0 aliphatic heterocycles. The summed E-state index contributed by atoms with van der Waals surface area (Å²) in [6, 6.07) is 1.16. The van der Waals surface area contributed by atoms with Gasteiger partial charge in [-0.15, -0.1) is 0 Å². The Hall–Kier alpha value is -1.29. The third kappa shape index (κ3) is 3.89. The summed E-state index contributed by atoms with van der Waals surface area (Å²) in [5.41, 5.74) is -1.44. The Morgan fingerprint density at radius 2 is 1.94 bits per heavy atom. The summed E-state index contributed by atoms with van der Waals surface area (Å²) in [5.74, 6) is -3.40. The lowest BCUT2D eigenvalue weighted by molar-refractivity contribution is -0.171. The topological polar surface area (TPSA) is 64.3 Å². The highest BCUT2D eigenvalue weighted by molar-refractivity contribution is 5.77. The van der Waals surface area contributed by atoms with Crippen molar-refractivity contribution in [3.8, 4) is 6.07 Å². The second kappa shape index (κ2) is 5.36. The van der Waals surface area contributed by atoms with Gasteiger partial charge < -0.3 is 5.11 Å². The van der Waals surface area contributed by atoms with Gasteiger partial charge in [0.2, 0.25) is 0 Å². The van der Waals surface area contributed by atoms with Gasteiger partial charge in [-0.25, -0.2) is 0 Å². The third-order valence-corrected chi connectivity index (χ3v) is 2.65. The fraction of sp³-hybridized carbons (Fsp3) is 0.800. The highest BCUT2D eigenvalue weighted by atomic mass is 19.4. The van der Waals surface area contributed by atoms with Gasteiger partial charge in [0.1, 0.15) is 5.54 Å². The van der Waals surface area contributed by atoms with Crippen LogP contribution >= 0.6 is 0 Å². The van der Waals surface area contributed by atoms with Gasteiger partial charge in [0, 0.05) is 6.54 Å². The fourth-order valence-corrected chi connectivity index (χ4v) is 1.33. The molecule has 0 aromatic heterocycles. The average molecular weight is 252 g/mol. The maximum Gasteiger partial charge on any atom is 0.405 e. The number of rotatable bonds is 5. The molecule has 0 aliphatic carbocycles. The molecule has 4 nitrogen and oxygen atoms in total. The normalized spacial score (nSPS) is 14.5. The summed E-state index contributed by atoms with van der Waals surface area (Å²) in [6.07, 6.45) is -4.64. The van der Waals surface area contributed by atoms with E-state index in [2.05, 4.69) is 0 Å². The first-order chi connectivity index (χ1) is 7.57. The third-order valence-electron chi connectivity index (χ3n) is 2.65. The molecule has 1 atom stereocenters. The molecule has 0 aliphatic rings. The van der Waals surface area contributed by atoms with Crippen molar-refractivity contribution in [2.45, 2.75) is 32.5 Å². The summed E-state index contributed by atoms with van der Waals surface area (Å²) in [7, 11) is 0. The van der Waals surface area contributed by atoms with Crippen molar-refractivity contribution in [1.82, 2.24) is 4.90 Å². The minimum absolute atomic E-state index is 0.119. The summed E-state index contributed by atoms with van der Waals surface area (Å²) >= 11 is 0. The van der Waals surface area contributed by atoms with E-state index < -0.39 is 30.1 Å². The number of aliphatic carboxylic acids is 1. The van der Waals surface area contributed by atoms with Gasteiger partial charge in [-0.1, -0.05) is 6.92 Å². The van der Waals surface area contributed by atoms with E-state index in [4.69, 9.17) is 10.4 Å². The monoisotopic (exact) mass is 252 g/mol. The largest absolute Gasteiger partial charge is 0.480 e. The number of carboxylic acid groups (broad SMARTS) is 1. The highest BCUT2D eigenvalue weighted by Gasteiger charge is 2.44. The second-order valence-corrected chi connectivity index (χ2v) is 4.13. The van der Waals surface area contributed by atoms with Crippen LogP contribution in [0.3, 0.4) is 0 Å². The van der Waals surface area contributed by atoms with E-state index in [0.29, 0.717) is 0 Å². The standard InChI is InChI=1S/C10H15F3N2O2/c1-4-15(9(2,3)8(16)17)6-7(5-14)10(11,12)13/h7H,4,6H2,1-3H3,(H,16,17). The van der Waals surface area contributed by atoms with Crippen LogP contribution in [0.25, 0.3) is 0 Å². The molecule has 0 aromatic rings. The average Bonchev–Trinajstić information content (AvgIpc) is 2.16. The van der Waals surface area contributed by atoms with E-state index in [1.54, 1.807) is 6.92 Å². The summed E-state index contributed by atoms with van der Waals surface area (Å²) < 4.78 is 37.2. The second-order valence-electron chi connectivity index (χ2n) is 4.13. The SMILES string of the molecule is CCN(CC(C#N)C(F)(F)F)C(C)(C)C(=O)O. The Bertz CT molecular complexity index is 320. The molecular weight excluding hydrogens is 237 g/mol. The molecule has 0 amide bonds. The molecule has 0 aromatic carbocycles. The smallest absolute Gasteiger partial charge is 0.405 e. The van der Waals surface area contributed by atoms with E-state index in [9.17, 15) is 18.0 Å². The van der Waals surface area contributed by atoms with Crippen LogP contribution < -0.4 is 0 Å². The minimum atomic E-state index is -4.64. The highest BCUT2D eigenvalue weighted by Crippen LogP contribution is 2.28. The maximum atomic E-state index is 12.4. The van der Waals surface area contributed by atoms with E-state index in [-0.39, 0.29) is 6.54 Å². The van der Waals surface area contributed by atoms with Crippen LogP contribution in [0.15, 0.2) is 0 Å². The molecule has 7 heteroatoms. The summed E-state index contributed by atoms with van der Waals surface area (Å²) in [5, 5.41) is 17.4. The molecule has 0 fully saturated rings. The number of nitrogens with zero attached hydrogens (tertiary/aromatic N) is 2. The van der Waals surface area contributed by atoms with Crippen LogP contribution in [0.4, 0.5) is 13.2 Å². The Labute approximate surface area is 97.6 Å². The van der Waals surface area contributed by atoms with Crippen molar-refractivity contribution in [3.63, 3.8) is 0 Å². The number of nitriles is 1. The van der Waals surface area contributed by atoms with Crippen LogP contribution in [0, 0.1) is 17.2 Å². The predicted octanol–water partition coefficient (Wildman–Crippen LogP) is 1.87. The van der Waals surface area contributed by atoms with Crippen LogP contribution in [0.2, 0.25) is 0 Å². The van der Waals surface area contributed by atoms with E-state index >= 15 is 0 Å². The number of carboxylic acids is 1. The Morgan fingerprint density at radius 3 is 2.18 bits per heavy atom. The Balaban J connectivity index is 4.96. The zero-order valence-electron chi connectivity index (χ0n) is 9.88. The van der Waals surface area contributed by atoms with E-state index in [0.717, 1.165) is 11.0 Å². The lowest BCUT2D eigenvalue weighted by Gasteiger charge is -2.35. The number of hydrogen-bond acceptors (Lipinski definition) is 3. The van der Waals surface area contributed by atoms with Crippen LogP contribution in [0.1, 0.15) is 20.8 Å². The maximum absolute atomic E-state index is 12.4. The number of alkyl halides is 3. The zero-order valence-corrected chi connectivity index (χ0v) is 9.88. The van der Waals surface area contributed by atoms with Gasteiger partial charge >= 0.3 is 12.1 Å². The van der Waals surface area contributed by atoms with Crippen LogP contribution in [-0.4, -0.2) is 40.8 Å². The van der Waals surface area contributed by atoms with Gasteiger partial charge in [-0.3, -0.25) is 9.69 Å². The van der Waals surface area contributed by atoms with Crippen LogP contribution in [0.5, 0.6) is 0 Å². The Morgan fingerprint density at radius 1 is 1.47 bits per heavy atom. The van der Waals surface area contributed by atoms with Crippen molar-refractivity contribution < 1.29 is 23.1 Å². The molecular formula is C10H15F3N2O2. The van der Waals surface area contributed by atoms with Gasteiger partial charge in [0.25, 0.3) is 0 Å². The first-order valence-electron chi connectivity index (χ1n) is 5.02. The zero-order chi connectivity index (χ0) is 13.9. The van der Waals surface area contributed by atoms with Gasteiger partial charge in [0.05, 0.1) is 6.07 Å². The number of carbonyl (C=O) groups is 1. The molecule has 0 bridgehead atoms. The molecule has 0 heterocycles. The summed E-state index contributed by atoms with van der Waals surface area (Å²) in [4.78, 5) is 12.1. The summed E-state index contributed by atoms with van der Waals surface area (Å²) in [6.45, 7) is 3.64. The fourth-order valence-electron chi connectivity index (χ4n) is 1.33. The van der Waals surface area contributed by atoms with Crippen molar-refractivity contribution in [2.75, 3.05) is 13.1 Å². The molecule has 0 saturated carbocycles. The van der Waals surface area contributed by atoms with Gasteiger partial charge in [-0.05, 0) is 20.4 Å². The lowest BCUT2D eigenvalue weighted by Crippen LogP contribution is -2.52. The van der Waals surface area contributed by atoms with E-state index in [1.165, 1.54) is 13.8 Å². The molecule has 0 spiro atoms. The molecule has 0 saturated heterocycles. The van der Waals surface area contributed by atoms with E-state index in [1.807, 2.05) is 0 Å². The lowest BCUT2D eigenvalue weighted by atomic mass is 10.0. The molecule has 98 valence electrons. The first kappa shape index (κ1) is 15.7.